The molecule has 0 rings (SSSR count). The minimum atomic E-state index is -3.27. The Morgan fingerprint density at radius 1 is 1.27 bits per heavy atom. The van der Waals surface area contributed by atoms with Gasteiger partial charge in [0.2, 0.25) is 0 Å². The lowest BCUT2D eigenvalue weighted by Gasteiger charge is -2.02. The molecule has 2 nitrogen and oxygen atoms in total. The molecule has 0 bridgehead atoms. The Labute approximate surface area is 77.2 Å². The maximum absolute atomic E-state index is 10.6. The van der Waals surface area contributed by atoms with E-state index in [1.54, 1.807) is 0 Å². The summed E-state index contributed by atoms with van der Waals surface area (Å²) in [5.41, 5.74) is 0. The van der Waals surface area contributed by atoms with Gasteiger partial charge in [0.1, 0.15) is 0 Å². The third-order valence-electron chi connectivity index (χ3n) is 1.24. The van der Waals surface area contributed by atoms with Gasteiger partial charge in [0.05, 0.1) is 6.61 Å². The van der Waals surface area contributed by atoms with E-state index in [1.165, 1.54) is 6.42 Å². The number of hydrogen-bond acceptors (Lipinski definition) is 2. The first-order valence-corrected chi connectivity index (χ1v) is 7.13. The van der Waals surface area contributed by atoms with E-state index in [0.29, 0.717) is 6.61 Å². The molecule has 0 N–H and O–H groups in total. The zero-order valence-corrected chi connectivity index (χ0v) is 8.96. The van der Waals surface area contributed by atoms with E-state index in [0.717, 1.165) is 19.3 Å². The Bertz CT molecular complexity index is 135. The highest BCUT2D eigenvalue weighted by molar-refractivity contribution is 8.05. The van der Waals surface area contributed by atoms with Gasteiger partial charge in [-0.05, 0) is 28.9 Å². The largest absolute Gasteiger partial charge is 0.380 e. The normalized spacial score (nSPS) is 11.9. The van der Waals surface area contributed by atoms with Crippen LogP contribution in [0.4, 0.5) is 0 Å². The van der Waals surface area contributed by atoms with Crippen LogP contribution in [0.15, 0.2) is 0 Å². The quantitative estimate of drug-likeness (QED) is 0.495. The fourth-order valence-corrected chi connectivity index (χ4v) is 1.46. The highest BCUT2D eigenvalue weighted by Gasteiger charge is 2.12. The molecule has 0 aliphatic heterocycles. The molecule has 0 aromatic heterocycles. The van der Waals surface area contributed by atoms with Gasteiger partial charge in [-0.3, -0.25) is 4.57 Å². The molecule has 0 aromatic rings. The predicted octanol–water partition coefficient (Wildman–Crippen LogP) is 4.17. The van der Waals surface area contributed by atoms with Gasteiger partial charge in [-0.1, -0.05) is 26.2 Å². The van der Waals surface area contributed by atoms with Crippen molar-refractivity contribution in [1.29, 1.82) is 0 Å². The van der Waals surface area contributed by atoms with Crippen LogP contribution in [-0.4, -0.2) is 6.61 Å². The van der Waals surface area contributed by atoms with Gasteiger partial charge in [0.25, 0.3) is 0 Å². The molecule has 68 valence electrons. The van der Waals surface area contributed by atoms with Gasteiger partial charge in [-0.25, -0.2) is 0 Å². The lowest BCUT2D eigenvalue weighted by atomic mass is 10.2. The lowest BCUT2D eigenvalue weighted by Crippen LogP contribution is -1.86. The van der Waals surface area contributed by atoms with Crippen LogP contribution in [0.5, 0.6) is 0 Å². The minimum absolute atomic E-state index is 0.393. The molecule has 0 aliphatic carbocycles. The standard InChI is InChI=1S/C6H13Cl2O2P/c1-2-3-4-5-6-10-11(7,8)9/h2-6H2,1H3. The monoisotopic (exact) mass is 218 g/mol. The third kappa shape index (κ3) is 10.8. The topological polar surface area (TPSA) is 26.3 Å². The van der Waals surface area contributed by atoms with Gasteiger partial charge in [0.15, 0.2) is 0 Å². The molecule has 0 heterocycles. The second-order valence-corrected chi connectivity index (χ2v) is 6.58. The van der Waals surface area contributed by atoms with Crippen LogP contribution >= 0.6 is 28.6 Å². The first-order chi connectivity index (χ1) is 5.06. The molecule has 0 atom stereocenters. The van der Waals surface area contributed by atoms with Gasteiger partial charge in [0, 0.05) is 0 Å². The molecule has 0 spiro atoms. The smallest absolute Gasteiger partial charge is 0.306 e. The van der Waals surface area contributed by atoms with Gasteiger partial charge in [-0.2, -0.15) is 0 Å². The van der Waals surface area contributed by atoms with Crippen molar-refractivity contribution in [2.75, 3.05) is 6.61 Å². The van der Waals surface area contributed by atoms with E-state index in [-0.39, 0.29) is 0 Å². The summed E-state index contributed by atoms with van der Waals surface area (Å²) in [7, 11) is 0. The summed E-state index contributed by atoms with van der Waals surface area (Å²) in [5.74, 6) is 0. The Morgan fingerprint density at radius 3 is 2.36 bits per heavy atom. The summed E-state index contributed by atoms with van der Waals surface area (Å²) >= 11 is 10.3. The van der Waals surface area contributed by atoms with Crippen molar-refractivity contribution < 1.29 is 9.09 Å². The fraction of sp³-hybridized carbons (Fsp3) is 1.00. The van der Waals surface area contributed by atoms with Gasteiger partial charge >= 0.3 is 6.07 Å². The van der Waals surface area contributed by atoms with E-state index >= 15 is 0 Å². The van der Waals surface area contributed by atoms with Crippen LogP contribution in [0.3, 0.4) is 0 Å². The molecular weight excluding hydrogens is 206 g/mol. The molecule has 0 radical (unpaired) electrons. The van der Waals surface area contributed by atoms with E-state index < -0.39 is 6.07 Å². The number of rotatable bonds is 6. The van der Waals surface area contributed by atoms with E-state index in [2.05, 4.69) is 11.4 Å². The number of unbranched alkanes of at least 4 members (excludes halogenated alkanes) is 3. The van der Waals surface area contributed by atoms with E-state index in [1.807, 2.05) is 0 Å². The van der Waals surface area contributed by atoms with Crippen LogP contribution in [0.2, 0.25) is 0 Å². The predicted molar refractivity (Wildman–Crippen MR) is 49.4 cm³/mol. The van der Waals surface area contributed by atoms with E-state index in [9.17, 15) is 4.57 Å². The van der Waals surface area contributed by atoms with Crippen LogP contribution < -0.4 is 0 Å². The van der Waals surface area contributed by atoms with Crippen LogP contribution in [0.1, 0.15) is 32.6 Å². The molecule has 0 unspecified atom stereocenters. The van der Waals surface area contributed by atoms with E-state index in [4.69, 9.17) is 22.5 Å². The zero-order valence-electron chi connectivity index (χ0n) is 6.56. The van der Waals surface area contributed by atoms with Gasteiger partial charge in [-0.15, -0.1) is 0 Å². The summed E-state index contributed by atoms with van der Waals surface area (Å²) in [5, 5.41) is 0. The molecule has 0 amide bonds. The Hall–Kier alpha value is 0.770. The molecule has 5 heteroatoms. The maximum Gasteiger partial charge on any atom is 0.380 e. The second kappa shape index (κ2) is 6.30. The first kappa shape index (κ1) is 11.8. The molecule has 0 aliphatic rings. The average molecular weight is 219 g/mol. The third-order valence-corrected chi connectivity index (χ3v) is 2.31. The highest BCUT2D eigenvalue weighted by atomic mass is 35.9. The molecule has 11 heavy (non-hydrogen) atoms. The van der Waals surface area contributed by atoms with Crippen LogP contribution in [0.25, 0.3) is 0 Å². The Kier molecular flexibility index (Phi) is 6.75. The fourth-order valence-electron chi connectivity index (χ4n) is 0.700. The van der Waals surface area contributed by atoms with Gasteiger partial charge < -0.3 is 4.52 Å². The molecule has 0 aromatic carbocycles. The van der Waals surface area contributed by atoms with Crippen LogP contribution in [-0.2, 0) is 9.09 Å². The minimum Gasteiger partial charge on any atom is -0.306 e. The maximum atomic E-state index is 10.6. The average Bonchev–Trinajstić information content (AvgIpc) is 1.85. The van der Waals surface area contributed by atoms with Crippen molar-refractivity contribution in [3.8, 4) is 0 Å². The molecular formula is C6H13Cl2O2P. The summed E-state index contributed by atoms with van der Waals surface area (Å²) < 4.78 is 15.2. The van der Waals surface area contributed by atoms with Crippen molar-refractivity contribution in [3.63, 3.8) is 0 Å². The highest BCUT2D eigenvalue weighted by Crippen LogP contribution is 2.57. The second-order valence-electron chi connectivity index (χ2n) is 2.31. The summed E-state index contributed by atoms with van der Waals surface area (Å²) in [6.45, 7) is 2.51. The number of hydrogen-bond donors (Lipinski definition) is 0. The SMILES string of the molecule is CCCCCCOP(=O)(Cl)Cl. The van der Waals surface area contributed by atoms with Crippen molar-refractivity contribution in [2.45, 2.75) is 32.6 Å². The number of halogens is 2. The molecule has 0 fully saturated rings. The van der Waals surface area contributed by atoms with Crippen molar-refractivity contribution in [1.82, 2.24) is 0 Å². The lowest BCUT2D eigenvalue weighted by molar-refractivity contribution is 0.321. The Morgan fingerprint density at radius 2 is 1.91 bits per heavy atom. The van der Waals surface area contributed by atoms with Crippen LogP contribution in [0, 0.1) is 0 Å². The zero-order chi connectivity index (χ0) is 8.74. The summed E-state index contributed by atoms with van der Waals surface area (Å²) in [4.78, 5) is 0. The van der Waals surface area contributed by atoms with Crippen molar-refractivity contribution in [3.05, 3.63) is 0 Å². The molecule has 0 saturated carbocycles. The first-order valence-electron chi connectivity index (χ1n) is 3.70. The Balaban J connectivity index is 3.09. The van der Waals surface area contributed by atoms with Crippen molar-refractivity contribution in [2.24, 2.45) is 0 Å². The van der Waals surface area contributed by atoms with Crippen molar-refractivity contribution >= 4 is 28.6 Å². The summed E-state index contributed by atoms with van der Waals surface area (Å²) in [6, 6.07) is 0. The summed E-state index contributed by atoms with van der Waals surface area (Å²) in [6.07, 6.45) is 1.01. The molecule has 0 saturated heterocycles.